The summed E-state index contributed by atoms with van der Waals surface area (Å²) in [5.74, 6) is 2.83. The Morgan fingerprint density at radius 1 is 0.933 bits per heavy atom. The first-order valence-corrected chi connectivity index (χ1v) is 9.88. The smallest absolute Gasteiger partial charge is 0.231 e. The van der Waals surface area contributed by atoms with E-state index >= 15 is 0 Å². The SMILES string of the molecule is Clc1ccc2c(c1Nc1ccnc(Nc3cc(N4CCOCC4)ccn3)n1)OCO2. The van der Waals surface area contributed by atoms with E-state index in [0.717, 1.165) is 32.0 Å². The molecule has 5 rings (SSSR count). The van der Waals surface area contributed by atoms with E-state index in [4.69, 9.17) is 25.8 Å². The molecule has 0 atom stereocenters. The molecule has 0 spiro atoms. The Morgan fingerprint density at radius 3 is 2.70 bits per heavy atom. The van der Waals surface area contributed by atoms with Crippen molar-refractivity contribution in [2.75, 3.05) is 48.6 Å². The summed E-state index contributed by atoms with van der Waals surface area (Å²) in [6.07, 6.45) is 3.41. The lowest BCUT2D eigenvalue weighted by molar-refractivity contribution is 0.122. The maximum absolute atomic E-state index is 6.34. The van der Waals surface area contributed by atoms with Crippen LogP contribution in [0.1, 0.15) is 0 Å². The summed E-state index contributed by atoms with van der Waals surface area (Å²) in [6.45, 7) is 3.32. The number of nitrogens with one attached hydrogen (secondary N) is 2. The number of fused-ring (bicyclic) bond motifs is 1. The summed E-state index contributed by atoms with van der Waals surface area (Å²) in [7, 11) is 0. The molecule has 10 heteroatoms. The molecule has 2 aliphatic heterocycles. The zero-order chi connectivity index (χ0) is 20.3. The van der Waals surface area contributed by atoms with Crippen molar-refractivity contribution in [3.8, 4) is 11.5 Å². The fourth-order valence-electron chi connectivity index (χ4n) is 3.30. The highest BCUT2D eigenvalue weighted by atomic mass is 35.5. The van der Waals surface area contributed by atoms with Crippen LogP contribution in [0.25, 0.3) is 0 Å². The maximum Gasteiger partial charge on any atom is 0.231 e. The third kappa shape index (κ3) is 3.89. The summed E-state index contributed by atoms with van der Waals surface area (Å²) in [5, 5.41) is 6.85. The van der Waals surface area contributed by atoms with Gasteiger partial charge in [0.15, 0.2) is 11.5 Å². The van der Waals surface area contributed by atoms with Gasteiger partial charge in [0.05, 0.1) is 18.2 Å². The Bertz CT molecular complexity index is 1060. The van der Waals surface area contributed by atoms with Crippen LogP contribution in [0.5, 0.6) is 11.5 Å². The second-order valence-electron chi connectivity index (χ2n) is 6.67. The quantitative estimate of drug-likeness (QED) is 0.634. The number of anilines is 5. The highest BCUT2D eigenvalue weighted by molar-refractivity contribution is 6.33. The molecule has 0 bridgehead atoms. The zero-order valence-corrected chi connectivity index (χ0v) is 16.7. The molecule has 0 amide bonds. The number of hydrogen-bond acceptors (Lipinski definition) is 9. The number of nitrogens with zero attached hydrogens (tertiary/aromatic N) is 4. The molecule has 154 valence electrons. The van der Waals surface area contributed by atoms with Gasteiger partial charge in [0.1, 0.15) is 17.3 Å². The van der Waals surface area contributed by atoms with Gasteiger partial charge < -0.3 is 29.7 Å². The minimum atomic E-state index is 0.159. The van der Waals surface area contributed by atoms with Crippen LogP contribution in [0, 0.1) is 0 Å². The fraction of sp³-hybridized carbons (Fsp3) is 0.250. The van der Waals surface area contributed by atoms with E-state index in [-0.39, 0.29) is 6.79 Å². The second kappa shape index (κ2) is 8.21. The van der Waals surface area contributed by atoms with Gasteiger partial charge in [-0.2, -0.15) is 4.98 Å². The van der Waals surface area contributed by atoms with E-state index in [9.17, 15) is 0 Å². The molecule has 30 heavy (non-hydrogen) atoms. The molecule has 0 radical (unpaired) electrons. The van der Waals surface area contributed by atoms with Crippen LogP contribution >= 0.6 is 11.6 Å². The number of hydrogen-bond donors (Lipinski definition) is 2. The van der Waals surface area contributed by atoms with Crippen molar-refractivity contribution in [1.82, 2.24) is 15.0 Å². The van der Waals surface area contributed by atoms with Crippen LogP contribution in [-0.4, -0.2) is 48.0 Å². The van der Waals surface area contributed by atoms with Gasteiger partial charge in [0, 0.05) is 37.2 Å². The van der Waals surface area contributed by atoms with Gasteiger partial charge >= 0.3 is 0 Å². The van der Waals surface area contributed by atoms with E-state index in [1.165, 1.54) is 0 Å². The lowest BCUT2D eigenvalue weighted by Gasteiger charge is -2.28. The van der Waals surface area contributed by atoms with E-state index < -0.39 is 0 Å². The molecule has 1 fully saturated rings. The zero-order valence-electron chi connectivity index (χ0n) is 16.0. The van der Waals surface area contributed by atoms with E-state index in [0.29, 0.717) is 39.8 Å². The lowest BCUT2D eigenvalue weighted by Crippen LogP contribution is -2.36. The molecule has 0 saturated carbocycles. The van der Waals surface area contributed by atoms with Crippen LogP contribution in [0.3, 0.4) is 0 Å². The van der Waals surface area contributed by atoms with Crippen LogP contribution in [0.2, 0.25) is 5.02 Å². The molecular formula is C20H19ClN6O3. The number of rotatable bonds is 5. The average Bonchev–Trinajstić information content (AvgIpc) is 3.26. The lowest BCUT2D eigenvalue weighted by atomic mass is 10.2. The van der Waals surface area contributed by atoms with Crippen LogP contribution < -0.4 is 25.0 Å². The normalized spacial score (nSPS) is 15.2. The van der Waals surface area contributed by atoms with Crippen molar-refractivity contribution in [3.63, 3.8) is 0 Å². The summed E-state index contributed by atoms with van der Waals surface area (Å²) in [5.41, 5.74) is 1.68. The van der Waals surface area contributed by atoms with Crippen molar-refractivity contribution in [3.05, 3.63) is 47.7 Å². The van der Waals surface area contributed by atoms with Crippen molar-refractivity contribution in [2.24, 2.45) is 0 Å². The first kappa shape index (κ1) is 18.7. The van der Waals surface area contributed by atoms with Crippen molar-refractivity contribution in [2.45, 2.75) is 0 Å². The predicted molar refractivity (Wildman–Crippen MR) is 113 cm³/mol. The first-order chi connectivity index (χ1) is 14.8. The Labute approximate surface area is 178 Å². The predicted octanol–water partition coefficient (Wildman–Crippen LogP) is 3.58. The highest BCUT2D eigenvalue weighted by Gasteiger charge is 2.21. The Balaban J connectivity index is 1.34. The minimum absolute atomic E-state index is 0.159. The largest absolute Gasteiger partial charge is 0.454 e. The minimum Gasteiger partial charge on any atom is -0.454 e. The van der Waals surface area contributed by atoms with Crippen LogP contribution in [-0.2, 0) is 4.74 Å². The van der Waals surface area contributed by atoms with Gasteiger partial charge in [-0.15, -0.1) is 0 Å². The molecular weight excluding hydrogens is 408 g/mol. The van der Waals surface area contributed by atoms with Crippen LogP contribution in [0.15, 0.2) is 42.7 Å². The molecule has 9 nitrogen and oxygen atoms in total. The Kier molecular flexibility index (Phi) is 5.12. The molecule has 2 N–H and O–H groups in total. The number of aromatic nitrogens is 3. The summed E-state index contributed by atoms with van der Waals surface area (Å²) in [4.78, 5) is 15.4. The number of pyridine rings is 1. The number of ether oxygens (including phenoxy) is 3. The van der Waals surface area contributed by atoms with Crippen molar-refractivity contribution >= 4 is 40.6 Å². The van der Waals surface area contributed by atoms with Crippen molar-refractivity contribution < 1.29 is 14.2 Å². The monoisotopic (exact) mass is 426 g/mol. The van der Waals surface area contributed by atoms with Gasteiger partial charge in [0.2, 0.25) is 12.7 Å². The molecule has 0 aliphatic carbocycles. The van der Waals surface area contributed by atoms with Gasteiger partial charge in [-0.25, -0.2) is 9.97 Å². The third-order valence-electron chi connectivity index (χ3n) is 4.76. The molecule has 3 aromatic rings. The number of morpholine rings is 1. The molecule has 0 unspecified atom stereocenters. The topological polar surface area (TPSA) is 93.7 Å². The van der Waals surface area contributed by atoms with Gasteiger partial charge in [-0.3, -0.25) is 0 Å². The van der Waals surface area contributed by atoms with E-state index in [2.05, 4.69) is 30.5 Å². The molecule has 2 aliphatic rings. The van der Waals surface area contributed by atoms with Gasteiger partial charge in [-0.05, 0) is 24.3 Å². The molecule has 1 saturated heterocycles. The average molecular weight is 427 g/mol. The third-order valence-corrected chi connectivity index (χ3v) is 5.07. The Morgan fingerprint density at radius 2 is 1.80 bits per heavy atom. The van der Waals surface area contributed by atoms with Crippen LogP contribution in [0.4, 0.5) is 29.0 Å². The number of halogens is 1. The molecule has 1 aromatic carbocycles. The molecule has 4 heterocycles. The second-order valence-corrected chi connectivity index (χ2v) is 7.08. The summed E-state index contributed by atoms with van der Waals surface area (Å²) in [6, 6.07) is 9.22. The first-order valence-electron chi connectivity index (χ1n) is 9.50. The van der Waals surface area contributed by atoms with Gasteiger partial charge in [0.25, 0.3) is 0 Å². The summed E-state index contributed by atoms with van der Waals surface area (Å²) >= 11 is 6.34. The maximum atomic E-state index is 6.34. The summed E-state index contributed by atoms with van der Waals surface area (Å²) < 4.78 is 16.4. The Hall–Kier alpha value is -3.30. The standard InChI is InChI=1S/C20H19ClN6O3/c21-14-1-2-15-19(30-12-29-15)18(14)24-16-4-6-23-20(25-16)26-17-11-13(3-5-22-17)27-7-9-28-10-8-27/h1-6,11H,7-10,12H2,(H2,22,23,24,25,26). The van der Waals surface area contributed by atoms with E-state index in [1.54, 1.807) is 30.6 Å². The number of benzene rings is 1. The van der Waals surface area contributed by atoms with Gasteiger partial charge in [-0.1, -0.05) is 11.6 Å². The fourth-order valence-corrected chi connectivity index (χ4v) is 3.50. The van der Waals surface area contributed by atoms with E-state index in [1.807, 2.05) is 12.1 Å². The molecule has 2 aromatic heterocycles. The van der Waals surface area contributed by atoms with Crippen molar-refractivity contribution in [1.29, 1.82) is 0 Å². The highest BCUT2D eigenvalue weighted by Crippen LogP contribution is 2.44.